The van der Waals surface area contributed by atoms with E-state index < -0.39 is 22.0 Å². The summed E-state index contributed by atoms with van der Waals surface area (Å²) >= 11 is 0. The highest BCUT2D eigenvalue weighted by Crippen LogP contribution is 2.43. The number of carbonyl (C=O) groups excluding carboxylic acids is 1. The van der Waals surface area contributed by atoms with E-state index in [2.05, 4.69) is 102 Å². The zero-order chi connectivity index (χ0) is 31.3. The molecule has 0 unspecified atom stereocenters. The van der Waals surface area contributed by atoms with Crippen molar-refractivity contribution < 1.29 is 23.1 Å². The summed E-state index contributed by atoms with van der Waals surface area (Å²) in [7, 11) is -2.54. The maximum atomic E-state index is 14.4. The molecule has 1 aromatic carbocycles. The Labute approximate surface area is 249 Å². The van der Waals surface area contributed by atoms with Gasteiger partial charge >= 0.3 is 0 Å². The molecule has 0 spiro atoms. The molecule has 0 radical (unpaired) electrons. The van der Waals surface area contributed by atoms with Gasteiger partial charge in [0.2, 0.25) is 0 Å². The van der Waals surface area contributed by atoms with Gasteiger partial charge in [0.05, 0.1) is 32.5 Å². The summed E-state index contributed by atoms with van der Waals surface area (Å²) in [6.45, 7) is 34.1. The molecule has 0 fully saturated rings. The van der Waals surface area contributed by atoms with E-state index in [-0.39, 0.29) is 39.9 Å². The Hall–Kier alpha value is -0.996. The second-order valence-electron chi connectivity index (χ2n) is 15.3. The van der Waals surface area contributed by atoms with Crippen LogP contribution in [0, 0.1) is 17.3 Å². The van der Waals surface area contributed by atoms with Crippen LogP contribution in [0.3, 0.4) is 0 Å². The number of ether oxygens (including phenoxy) is 2. The average molecular weight is 595 g/mol. The van der Waals surface area contributed by atoms with Crippen LogP contribution in [0.5, 0.6) is 5.75 Å². The Morgan fingerprint density at radius 1 is 0.825 bits per heavy atom. The molecule has 0 aromatic heterocycles. The van der Waals surface area contributed by atoms with Gasteiger partial charge in [0.1, 0.15) is 11.5 Å². The third-order valence-electron chi connectivity index (χ3n) is 9.57. The largest absolute Gasteiger partial charge is 0.497 e. The van der Waals surface area contributed by atoms with Gasteiger partial charge in [-0.05, 0) is 60.4 Å². The second-order valence-corrected chi connectivity index (χ2v) is 24.8. The molecule has 0 saturated carbocycles. The number of Topliss-reactive ketones (excluding diaryl/α,β-unsaturated/α-hetero) is 1. The van der Waals surface area contributed by atoms with Crippen LogP contribution in [-0.4, -0.2) is 48.3 Å². The van der Waals surface area contributed by atoms with E-state index in [1.165, 1.54) is 0 Å². The average Bonchev–Trinajstić information content (AvgIpc) is 2.83. The lowest BCUT2D eigenvalue weighted by Gasteiger charge is -2.46. The Morgan fingerprint density at radius 3 is 1.73 bits per heavy atom. The molecule has 5 nitrogen and oxygen atoms in total. The predicted octanol–water partition coefficient (Wildman–Crippen LogP) is 9.27. The van der Waals surface area contributed by atoms with Gasteiger partial charge in [0, 0.05) is 17.3 Å². The maximum Gasteiger partial charge on any atom is 0.192 e. The number of carbonyl (C=O) groups is 1. The summed E-state index contributed by atoms with van der Waals surface area (Å²) in [5, 5.41) is 0.111. The van der Waals surface area contributed by atoms with Crippen molar-refractivity contribution in [3.05, 3.63) is 29.8 Å². The summed E-state index contributed by atoms with van der Waals surface area (Å²) in [5.74, 6) is 0.797. The summed E-state index contributed by atoms with van der Waals surface area (Å²) in [5.41, 5.74) is 0.455. The molecule has 0 amide bonds. The van der Waals surface area contributed by atoms with Crippen molar-refractivity contribution in [2.75, 3.05) is 13.7 Å². The van der Waals surface area contributed by atoms with Crippen LogP contribution in [0.25, 0.3) is 0 Å². The molecule has 0 aliphatic carbocycles. The van der Waals surface area contributed by atoms with Crippen LogP contribution in [0.15, 0.2) is 24.3 Å². The van der Waals surface area contributed by atoms with Gasteiger partial charge in [-0.15, -0.1) is 0 Å². The fraction of sp³-hybridized carbons (Fsp3) is 0.788. The molecule has 0 N–H and O–H groups in total. The Kier molecular flexibility index (Phi) is 12.9. The zero-order valence-corrected chi connectivity index (χ0v) is 30.8. The van der Waals surface area contributed by atoms with Gasteiger partial charge in [0.15, 0.2) is 16.6 Å². The van der Waals surface area contributed by atoms with Crippen LogP contribution >= 0.6 is 0 Å². The summed E-state index contributed by atoms with van der Waals surface area (Å²) < 4.78 is 25.4. The standard InChI is InChI=1S/C33H62O5Si2/c1-17-28(37-39(13,14)31(4,5)6)33(10,11)30(34)25(3)29(38-40(15,16)32(7,8)9)24(2)22-36-23-26-18-20-27(35-12)21-19-26/h18-21,24-25,28-29H,17,22-23H2,1-16H3/t24-,25+,28-,29-/m0/s1. The first-order valence-electron chi connectivity index (χ1n) is 15.1. The molecule has 0 saturated heterocycles. The Bertz CT molecular complexity index is 926. The lowest BCUT2D eigenvalue weighted by molar-refractivity contribution is -0.141. The fourth-order valence-corrected chi connectivity index (χ4v) is 7.57. The molecule has 0 aliphatic rings. The molecule has 40 heavy (non-hydrogen) atoms. The minimum absolute atomic E-state index is 0.0323. The van der Waals surface area contributed by atoms with E-state index in [1.54, 1.807) is 7.11 Å². The van der Waals surface area contributed by atoms with Crippen molar-refractivity contribution in [2.45, 2.75) is 138 Å². The summed E-state index contributed by atoms with van der Waals surface area (Å²) in [6, 6.07) is 7.94. The van der Waals surface area contributed by atoms with E-state index in [9.17, 15) is 4.79 Å². The van der Waals surface area contributed by atoms with E-state index in [0.29, 0.717) is 13.2 Å². The first-order valence-corrected chi connectivity index (χ1v) is 20.9. The molecule has 232 valence electrons. The molecular weight excluding hydrogens is 533 g/mol. The second kappa shape index (κ2) is 14.0. The first-order chi connectivity index (χ1) is 18.0. The van der Waals surface area contributed by atoms with Gasteiger partial charge in [-0.2, -0.15) is 0 Å². The molecule has 1 rings (SSSR count). The van der Waals surface area contributed by atoms with Crippen LogP contribution in [-0.2, 0) is 25.0 Å². The van der Waals surface area contributed by atoms with Gasteiger partial charge in [-0.1, -0.05) is 88.3 Å². The van der Waals surface area contributed by atoms with Crippen molar-refractivity contribution >= 4 is 22.4 Å². The van der Waals surface area contributed by atoms with Gasteiger partial charge in [-0.3, -0.25) is 4.79 Å². The molecular formula is C33H62O5Si2. The highest BCUT2D eigenvalue weighted by Gasteiger charge is 2.49. The van der Waals surface area contributed by atoms with Crippen molar-refractivity contribution in [1.29, 1.82) is 0 Å². The Morgan fingerprint density at radius 2 is 1.30 bits per heavy atom. The molecule has 1 aromatic rings. The molecule has 0 heterocycles. The van der Waals surface area contributed by atoms with Gasteiger partial charge in [-0.25, -0.2) is 0 Å². The van der Waals surface area contributed by atoms with Crippen LogP contribution in [0.1, 0.15) is 88.1 Å². The number of rotatable bonds is 15. The lowest BCUT2D eigenvalue weighted by Crippen LogP contribution is -2.54. The summed E-state index contributed by atoms with van der Waals surface area (Å²) in [4.78, 5) is 14.4. The minimum Gasteiger partial charge on any atom is -0.497 e. The number of methoxy groups -OCH3 is 1. The molecule has 0 aliphatic heterocycles. The number of ketones is 1. The fourth-order valence-electron chi connectivity index (χ4n) is 4.58. The highest BCUT2D eigenvalue weighted by molar-refractivity contribution is 6.74. The summed E-state index contributed by atoms with van der Waals surface area (Å²) in [6.07, 6.45) is 0.416. The van der Waals surface area contributed by atoms with E-state index in [0.717, 1.165) is 17.7 Å². The highest BCUT2D eigenvalue weighted by atomic mass is 28.4. The third-order valence-corrected chi connectivity index (χ3v) is 18.5. The van der Waals surface area contributed by atoms with Gasteiger partial charge in [0.25, 0.3) is 0 Å². The normalized spacial score (nSPS) is 16.8. The number of benzene rings is 1. The topological polar surface area (TPSA) is 54.0 Å². The quantitative estimate of drug-likeness (QED) is 0.189. The lowest BCUT2D eigenvalue weighted by atomic mass is 9.73. The van der Waals surface area contributed by atoms with Crippen LogP contribution in [0.2, 0.25) is 36.3 Å². The smallest absolute Gasteiger partial charge is 0.192 e. The Balaban J connectivity index is 3.22. The van der Waals surface area contributed by atoms with Crippen molar-refractivity contribution in [2.24, 2.45) is 17.3 Å². The third kappa shape index (κ3) is 9.51. The molecule has 4 atom stereocenters. The first kappa shape index (κ1) is 37.0. The number of hydrogen-bond donors (Lipinski definition) is 0. The maximum absolute atomic E-state index is 14.4. The monoisotopic (exact) mass is 594 g/mol. The van der Waals surface area contributed by atoms with E-state index >= 15 is 0 Å². The van der Waals surface area contributed by atoms with Crippen LogP contribution in [0.4, 0.5) is 0 Å². The van der Waals surface area contributed by atoms with E-state index in [4.69, 9.17) is 18.3 Å². The SMILES string of the molecule is CC[C@H](O[Si](C)(C)C(C)(C)C)C(C)(C)C(=O)[C@H](C)[C@@H](O[Si](C)(C)C(C)(C)C)[C@@H](C)COCc1ccc(OC)cc1. The van der Waals surface area contributed by atoms with Crippen molar-refractivity contribution in [1.82, 2.24) is 0 Å². The minimum atomic E-state index is -2.16. The van der Waals surface area contributed by atoms with Gasteiger partial charge < -0.3 is 18.3 Å². The molecule has 0 bridgehead atoms. The van der Waals surface area contributed by atoms with E-state index in [1.807, 2.05) is 24.3 Å². The zero-order valence-electron chi connectivity index (χ0n) is 28.8. The predicted molar refractivity (Wildman–Crippen MR) is 174 cm³/mol. The molecule has 7 heteroatoms. The van der Waals surface area contributed by atoms with Crippen molar-refractivity contribution in [3.63, 3.8) is 0 Å². The van der Waals surface area contributed by atoms with Crippen molar-refractivity contribution in [3.8, 4) is 5.75 Å². The van der Waals surface area contributed by atoms with Crippen LogP contribution < -0.4 is 4.74 Å². The number of hydrogen-bond acceptors (Lipinski definition) is 5.